The maximum atomic E-state index is 12.8. The Kier molecular flexibility index (Phi) is 38.0. The summed E-state index contributed by atoms with van der Waals surface area (Å²) in [5, 5.41) is 0.113. The van der Waals surface area contributed by atoms with Gasteiger partial charge in [-0.25, -0.2) is 24.7 Å². The molecule has 0 atom stereocenters. The minimum atomic E-state index is -4.26. The molecule has 0 amide bonds. The first-order valence-electron chi connectivity index (χ1n) is 33.0. The number of hydrogen-bond donors (Lipinski definition) is 10. The number of aromatic amines is 3. The summed E-state index contributed by atoms with van der Waals surface area (Å²) in [7, 11) is -4.70. The third-order valence-corrected chi connectivity index (χ3v) is 18.2. The van der Waals surface area contributed by atoms with Crippen LogP contribution in [0.2, 0.25) is 5.28 Å². The standard InChI is InChI=1S/C17H29BrN5O6P.C17H30N5O6P.C11H18N5O7P.C8H11N5O2.C5H4ClN5.CH4/c1-11(2)28-30(24,29-12(3)4)10-26-7-6-23-15-13(20-16(23)18)14(19)21-17(22-15)27-9-8-25-5;1-12(2)27-29(23,28-13(3)4)11-25-7-6-22-10-19-14-15(18)20-17(21-16(14)22)26-9-8-24-5;1-21-4-5-23-10-14-8(12)7-9(15-10)16(11(17)13-7)2-3-22-6-24(18,19)20;1-14-2-3-15-8-12-6(9)5-7(13-8)11-4-10-5;6-5-10-3(7)2-4(11-5)9-1-8-2;/h11-12H,6-10H2,1-5H3,(H2,19,21,22);10,12-13H,6-9,11H2,1-5H3,(H2,18,20,21);2-6H2,1H3,(H,13,17)(H2,12,14,15)(H2,18,19,20);4H,2-3H2,1H3,(H3,9,10,11,12,13);1H,(H3,7,8,9,10,11);1H4. The SMILES string of the molecule is C.COCCOc1nc(N)c2[nH]c(=O)n(CCOCP(=O)(O)O)c2n1.COCCOc1nc(N)c2[nH]cnc2n1.COCCOc1nc(N)c2nc(Br)n(CCOCP(=O)(OC(C)C)OC(C)C)c2n1.COCCOc1nc(N)c2ncn(CCOCP(=O)(OC(C)C)OC(C)C)c2n1.Nc1nc(Cl)nc2nc[nH]c12. The lowest BCUT2D eigenvalue weighted by Crippen LogP contribution is -2.20. The maximum absolute atomic E-state index is 12.8. The van der Waals surface area contributed by atoms with Gasteiger partial charge >= 0.3 is 52.5 Å². The highest BCUT2D eigenvalue weighted by molar-refractivity contribution is 9.10. The summed E-state index contributed by atoms with van der Waals surface area (Å²) < 4.78 is 120. The van der Waals surface area contributed by atoms with Gasteiger partial charge in [0.2, 0.25) is 5.28 Å². The van der Waals surface area contributed by atoms with Crippen LogP contribution in [0.1, 0.15) is 62.8 Å². The first-order valence-corrected chi connectivity index (χ1v) is 39.4. The van der Waals surface area contributed by atoms with Gasteiger partial charge in [0.05, 0.1) is 103 Å². The number of nitrogens with two attached hydrogens (primary N) is 5. The van der Waals surface area contributed by atoms with Crippen LogP contribution in [0.15, 0.2) is 28.5 Å². The highest BCUT2D eigenvalue weighted by atomic mass is 79.9. The van der Waals surface area contributed by atoms with Crippen molar-refractivity contribution in [2.45, 2.75) is 107 Å². The monoisotopic (exact) mass is 1700 g/mol. The van der Waals surface area contributed by atoms with E-state index >= 15 is 0 Å². The first-order chi connectivity index (χ1) is 51.8. The number of nitrogens with one attached hydrogen (secondary N) is 3. The van der Waals surface area contributed by atoms with E-state index in [0.29, 0.717) is 120 Å². The number of methoxy groups -OCH3 is 4. The molecule has 0 aliphatic heterocycles. The van der Waals surface area contributed by atoms with Gasteiger partial charge in [-0.1, -0.05) is 7.43 Å². The van der Waals surface area contributed by atoms with Crippen LogP contribution >= 0.6 is 50.3 Å². The van der Waals surface area contributed by atoms with Crippen molar-refractivity contribution in [1.82, 2.24) is 98.4 Å². The van der Waals surface area contributed by atoms with E-state index in [4.69, 9.17) is 120 Å². The van der Waals surface area contributed by atoms with Gasteiger partial charge in [-0.15, -0.1) is 0 Å². The number of nitrogens with zero attached hydrogens (tertiary/aromatic N) is 17. The lowest BCUT2D eigenvalue weighted by Gasteiger charge is -2.22. The molecule has 0 unspecified atom stereocenters. The molecule has 0 spiro atoms. The number of fused-ring (bicyclic) bond motifs is 5. The number of rotatable bonds is 39. The van der Waals surface area contributed by atoms with E-state index < -0.39 is 34.8 Å². The second kappa shape index (κ2) is 45.3. The fourth-order valence-corrected chi connectivity index (χ4v) is 13.5. The molecule has 0 radical (unpaired) electrons. The summed E-state index contributed by atoms with van der Waals surface area (Å²) in [6.07, 6.45) is 2.59. The topological polar surface area (TPSA) is 620 Å². The summed E-state index contributed by atoms with van der Waals surface area (Å²) in [5.41, 5.74) is 33.0. The van der Waals surface area contributed by atoms with Gasteiger partial charge in [-0.3, -0.25) is 18.3 Å². The zero-order valence-electron chi connectivity index (χ0n) is 61.8. The van der Waals surface area contributed by atoms with Crippen LogP contribution in [0.5, 0.6) is 24.0 Å². The predicted octanol–water partition coefficient (Wildman–Crippen LogP) is 5.73. The van der Waals surface area contributed by atoms with Crippen LogP contribution in [-0.2, 0) is 84.6 Å². The minimum absolute atomic E-state index is 0. The number of aromatic nitrogens is 20. The van der Waals surface area contributed by atoms with Crippen LogP contribution in [0.25, 0.3) is 55.8 Å². The van der Waals surface area contributed by atoms with E-state index in [2.05, 4.69) is 101 Å². The molecule has 10 rings (SSSR count). The number of nitrogen functional groups attached to an aromatic ring is 5. The molecule has 0 fully saturated rings. The quantitative estimate of drug-likeness (QED) is 0.00951. The fourth-order valence-electron chi connectivity index (χ4n) is 8.77. The molecule has 0 aliphatic carbocycles. The summed E-state index contributed by atoms with van der Waals surface area (Å²) in [4.78, 5) is 94.5. The van der Waals surface area contributed by atoms with E-state index in [9.17, 15) is 18.5 Å². The largest absolute Gasteiger partial charge is 0.461 e. The van der Waals surface area contributed by atoms with Gasteiger partial charge in [-0.05, 0) is 82.9 Å². The molecule has 110 heavy (non-hydrogen) atoms. The first kappa shape index (κ1) is 92.3. The molecule has 0 saturated carbocycles. The molecule has 612 valence electrons. The average molecular weight is 1700 g/mol. The normalized spacial score (nSPS) is 11.8. The molecule has 0 aliphatic rings. The van der Waals surface area contributed by atoms with Crippen molar-refractivity contribution in [1.29, 1.82) is 0 Å². The number of imidazole rings is 5. The summed E-state index contributed by atoms with van der Waals surface area (Å²) >= 11 is 8.92. The smallest absolute Gasteiger partial charge is 0.356 e. The molecular formula is C59H96BrClN25O21P3. The lowest BCUT2D eigenvalue weighted by molar-refractivity contribution is 0.0955. The third kappa shape index (κ3) is 29.7. The molecule has 10 heterocycles. The van der Waals surface area contributed by atoms with Crippen molar-refractivity contribution >= 4 is 135 Å². The average Bonchev–Trinajstić information content (AvgIpc) is 1.64. The van der Waals surface area contributed by atoms with Gasteiger partial charge in [0.25, 0.3) is 0 Å². The van der Waals surface area contributed by atoms with Crippen molar-refractivity contribution in [3.8, 4) is 24.0 Å². The van der Waals surface area contributed by atoms with Crippen LogP contribution in [0.4, 0.5) is 29.1 Å². The number of anilines is 5. The number of halogens is 2. The number of hydrogen-bond acceptors (Lipinski definition) is 38. The van der Waals surface area contributed by atoms with Gasteiger partial charge in [0.1, 0.15) is 62.0 Å². The summed E-state index contributed by atoms with van der Waals surface area (Å²) in [6, 6.07) is 0.478. The van der Waals surface area contributed by atoms with Gasteiger partial charge in [-0.2, -0.15) is 49.8 Å². The number of H-pyrrole nitrogens is 3. The van der Waals surface area contributed by atoms with Crippen LogP contribution in [-0.4, -0.2) is 253 Å². The molecule has 46 nitrogen and oxygen atoms in total. The molecule has 0 aromatic carbocycles. The molecule has 10 aromatic heterocycles. The second-order valence-electron chi connectivity index (χ2n) is 23.2. The Morgan fingerprint density at radius 3 is 1.32 bits per heavy atom. The van der Waals surface area contributed by atoms with Crippen molar-refractivity contribution in [3.05, 3.63) is 39.5 Å². The Morgan fingerprint density at radius 1 is 0.464 bits per heavy atom. The highest BCUT2D eigenvalue weighted by Gasteiger charge is 2.30. The molecule has 10 aromatic rings. The highest BCUT2D eigenvalue weighted by Crippen LogP contribution is 2.51. The Labute approximate surface area is 643 Å². The van der Waals surface area contributed by atoms with Crippen molar-refractivity contribution < 1.29 is 93.7 Å². The van der Waals surface area contributed by atoms with Crippen LogP contribution in [0.3, 0.4) is 0 Å². The van der Waals surface area contributed by atoms with Crippen molar-refractivity contribution in [2.24, 2.45) is 0 Å². The van der Waals surface area contributed by atoms with E-state index in [-0.39, 0.29) is 135 Å². The molecule has 0 bridgehead atoms. The molecular weight excluding hydrogens is 1600 g/mol. The third-order valence-electron chi connectivity index (χ3n) is 12.9. The Morgan fingerprint density at radius 2 is 0.855 bits per heavy atom. The van der Waals surface area contributed by atoms with Crippen molar-refractivity contribution in [2.75, 3.05) is 149 Å². The zero-order chi connectivity index (χ0) is 80.0. The Bertz CT molecular complexity index is 4650. The maximum Gasteiger partial charge on any atom is 0.356 e. The molecule has 0 saturated heterocycles. The van der Waals surface area contributed by atoms with Crippen LogP contribution < -0.4 is 53.3 Å². The van der Waals surface area contributed by atoms with E-state index in [1.54, 1.807) is 92.2 Å². The summed E-state index contributed by atoms with van der Waals surface area (Å²) in [6.45, 7) is 18.3. The van der Waals surface area contributed by atoms with E-state index in [0.717, 1.165) is 0 Å². The minimum Gasteiger partial charge on any atom is -0.461 e. The van der Waals surface area contributed by atoms with Gasteiger partial charge in [0, 0.05) is 35.0 Å². The van der Waals surface area contributed by atoms with Crippen LogP contribution in [0, 0.1) is 0 Å². The van der Waals surface area contributed by atoms with Crippen molar-refractivity contribution in [3.63, 3.8) is 0 Å². The zero-order valence-corrected chi connectivity index (χ0v) is 66.8. The Balaban J connectivity index is 0.000000254. The lowest BCUT2D eigenvalue weighted by atomic mass is 10.5. The molecule has 51 heteroatoms. The van der Waals surface area contributed by atoms with E-state index in [1.807, 2.05) is 0 Å². The second-order valence-corrected chi connectivity index (χ2v) is 29.7. The molecule has 15 N–H and O–H groups in total. The van der Waals surface area contributed by atoms with Gasteiger partial charge in [0.15, 0.2) is 73.1 Å². The Hall–Kier alpha value is -8.31. The predicted molar refractivity (Wildman–Crippen MR) is 408 cm³/mol. The number of ether oxygens (including phenoxy) is 11. The van der Waals surface area contributed by atoms with E-state index in [1.165, 1.54) is 24.3 Å². The fraction of sp³-hybridized carbons (Fsp3) is 0.576. The summed E-state index contributed by atoms with van der Waals surface area (Å²) in [5.74, 6) is 1.11. The van der Waals surface area contributed by atoms with Gasteiger partial charge < -0.3 is 133 Å².